The van der Waals surface area contributed by atoms with Crippen molar-refractivity contribution in [1.82, 2.24) is 0 Å². The Kier molecular flexibility index (Phi) is 3.64. The zero-order valence-electron chi connectivity index (χ0n) is 9.37. The van der Waals surface area contributed by atoms with E-state index in [9.17, 15) is 9.50 Å². The number of allylic oxidation sites excluding steroid dienone is 1. The molecule has 2 heteroatoms. The van der Waals surface area contributed by atoms with Crippen LogP contribution < -0.4 is 0 Å². The molecular weight excluding hydrogens is 191 g/mol. The predicted octanol–water partition coefficient (Wildman–Crippen LogP) is 3.46. The Labute approximate surface area is 90.3 Å². The van der Waals surface area contributed by atoms with Crippen LogP contribution in [0.4, 0.5) is 4.39 Å². The van der Waals surface area contributed by atoms with Crippen LogP contribution in [0.3, 0.4) is 0 Å². The monoisotopic (exact) mass is 208 g/mol. The van der Waals surface area contributed by atoms with Crippen molar-refractivity contribution in [2.45, 2.75) is 26.9 Å². The van der Waals surface area contributed by atoms with E-state index in [0.717, 1.165) is 0 Å². The zero-order valence-corrected chi connectivity index (χ0v) is 9.37. The van der Waals surface area contributed by atoms with Crippen LogP contribution in [-0.4, -0.2) is 5.11 Å². The highest BCUT2D eigenvalue weighted by molar-refractivity contribution is 5.22. The largest absolute Gasteiger partial charge is 0.384 e. The van der Waals surface area contributed by atoms with E-state index in [1.165, 1.54) is 12.1 Å². The maximum Gasteiger partial charge on any atom is 0.123 e. The van der Waals surface area contributed by atoms with E-state index in [1.54, 1.807) is 18.2 Å². The maximum absolute atomic E-state index is 12.6. The van der Waals surface area contributed by atoms with Crippen molar-refractivity contribution in [3.8, 4) is 0 Å². The van der Waals surface area contributed by atoms with Gasteiger partial charge in [-0.25, -0.2) is 4.39 Å². The maximum atomic E-state index is 12.6. The Hall–Kier alpha value is -1.15. The first-order valence-electron chi connectivity index (χ1n) is 5.01. The summed E-state index contributed by atoms with van der Waals surface area (Å²) in [5.41, 5.74) is 0.748. The van der Waals surface area contributed by atoms with Crippen LogP contribution in [0.5, 0.6) is 0 Å². The number of aliphatic hydroxyl groups excluding tert-OH is 1. The lowest BCUT2D eigenvalue weighted by atomic mass is 9.95. The molecule has 1 rings (SSSR count). The third-order valence-electron chi connectivity index (χ3n) is 1.99. The second-order valence-electron chi connectivity index (χ2n) is 4.72. The molecule has 0 fully saturated rings. The molecule has 0 aliphatic rings. The van der Waals surface area contributed by atoms with Crippen molar-refractivity contribution in [3.63, 3.8) is 0 Å². The molecule has 15 heavy (non-hydrogen) atoms. The molecule has 1 N–H and O–H groups in total. The first-order valence-corrected chi connectivity index (χ1v) is 5.01. The number of benzene rings is 1. The van der Waals surface area contributed by atoms with Gasteiger partial charge in [0.25, 0.3) is 0 Å². The van der Waals surface area contributed by atoms with Crippen molar-refractivity contribution in [3.05, 3.63) is 47.8 Å². The lowest BCUT2D eigenvalue weighted by molar-refractivity contribution is 0.227. The minimum absolute atomic E-state index is 0.0427. The fraction of sp³-hybridized carbons (Fsp3) is 0.385. The summed E-state index contributed by atoms with van der Waals surface area (Å²) >= 11 is 0. The summed E-state index contributed by atoms with van der Waals surface area (Å²) in [5, 5.41) is 9.77. The number of rotatable bonds is 2. The van der Waals surface area contributed by atoms with E-state index in [2.05, 4.69) is 20.8 Å². The Morgan fingerprint density at radius 1 is 1.20 bits per heavy atom. The molecular formula is C13H17FO. The molecule has 0 saturated heterocycles. The number of hydrogen-bond donors (Lipinski definition) is 1. The number of aliphatic hydroxyl groups is 1. The number of hydrogen-bond acceptors (Lipinski definition) is 1. The van der Waals surface area contributed by atoms with Crippen molar-refractivity contribution in [2.75, 3.05) is 0 Å². The topological polar surface area (TPSA) is 20.2 Å². The highest BCUT2D eigenvalue weighted by atomic mass is 19.1. The molecule has 1 aromatic rings. The fourth-order valence-corrected chi connectivity index (χ4v) is 1.15. The lowest BCUT2D eigenvalue weighted by Crippen LogP contribution is -2.01. The van der Waals surface area contributed by atoms with Gasteiger partial charge < -0.3 is 5.11 Å². The minimum atomic E-state index is -0.662. The molecule has 0 aliphatic carbocycles. The smallest absolute Gasteiger partial charge is 0.123 e. The van der Waals surface area contributed by atoms with Crippen LogP contribution in [0.2, 0.25) is 0 Å². The van der Waals surface area contributed by atoms with Crippen LogP contribution in [0.15, 0.2) is 36.4 Å². The molecule has 82 valence electrons. The van der Waals surface area contributed by atoms with Crippen molar-refractivity contribution < 1.29 is 9.50 Å². The Balaban J connectivity index is 2.73. The molecule has 0 spiro atoms. The van der Waals surface area contributed by atoms with E-state index in [1.807, 2.05) is 6.08 Å². The second kappa shape index (κ2) is 4.58. The highest BCUT2D eigenvalue weighted by Gasteiger charge is 2.07. The summed E-state index contributed by atoms with van der Waals surface area (Å²) in [5.74, 6) is -0.286. The van der Waals surface area contributed by atoms with Crippen LogP contribution in [-0.2, 0) is 0 Å². The van der Waals surface area contributed by atoms with Gasteiger partial charge in [-0.15, -0.1) is 0 Å². The second-order valence-corrected chi connectivity index (χ2v) is 4.72. The third-order valence-corrected chi connectivity index (χ3v) is 1.99. The molecule has 1 atom stereocenters. The standard InChI is InChI=1S/C13H17FO/c1-13(2,3)9-8-12(15)10-4-6-11(14)7-5-10/h4-9,12,15H,1-3H3/t12-/m0/s1. The predicted molar refractivity (Wildman–Crippen MR) is 60.0 cm³/mol. The Morgan fingerprint density at radius 3 is 2.20 bits per heavy atom. The molecule has 0 saturated carbocycles. The van der Waals surface area contributed by atoms with Crippen molar-refractivity contribution in [2.24, 2.45) is 5.41 Å². The van der Waals surface area contributed by atoms with Gasteiger partial charge >= 0.3 is 0 Å². The first kappa shape index (κ1) is 11.9. The van der Waals surface area contributed by atoms with Gasteiger partial charge in [-0.1, -0.05) is 45.1 Å². The van der Waals surface area contributed by atoms with Gasteiger partial charge in [0.05, 0.1) is 6.10 Å². The lowest BCUT2D eigenvalue weighted by Gasteiger charge is -2.13. The summed E-state index contributed by atoms with van der Waals surface area (Å²) in [6.45, 7) is 6.17. The quantitative estimate of drug-likeness (QED) is 0.738. The fourth-order valence-electron chi connectivity index (χ4n) is 1.15. The Morgan fingerprint density at radius 2 is 1.73 bits per heavy atom. The van der Waals surface area contributed by atoms with Gasteiger partial charge in [-0.05, 0) is 23.1 Å². The molecule has 0 aromatic heterocycles. The number of halogens is 1. The molecule has 0 amide bonds. The van der Waals surface area contributed by atoms with Gasteiger partial charge in [0, 0.05) is 0 Å². The summed E-state index contributed by atoms with van der Waals surface area (Å²) < 4.78 is 12.6. The molecule has 0 heterocycles. The average molecular weight is 208 g/mol. The summed E-state index contributed by atoms with van der Waals surface area (Å²) in [7, 11) is 0. The van der Waals surface area contributed by atoms with E-state index in [4.69, 9.17) is 0 Å². The molecule has 0 bridgehead atoms. The molecule has 1 nitrogen and oxygen atoms in total. The van der Waals surface area contributed by atoms with E-state index >= 15 is 0 Å². The summed E-state index contributed by atoms with van der Waals surface area (Å²) in [6, 6.07) is 5.88. The molecule has 1 aromatic carbocycles. The van der Waals surface area contributed by atoms with Crippen molar-refractivity contribution in [1.29, 1.82) is 0 Å². The van der Waals surface area contributed by atoms with Gasteiger partial charge in [0.1, 0.15) is 5.82 Å². The SMILES string of the molecule is CC(C)(C)C=C[C@H](O)c1ccc(F)cc1. The van der Waals surface area contributed by atoms with Crippen LogP contribution in [0.25, 0.3) is 0 Å². The van der Waals surface area contributed by atoms with Crippen LogP contribution >= 0.6 is 0 Å². The Bertz CT molecular complexity index is 333. The van der Waals surface area contributed by atoms with Gasteiger partial charge in [0.2, 0.25) is 0 Å². The van der Waals surface area contributed by atoms with Crippen LogP contribution in [0.1, 0.15) is 32.4 Å². The molecule has 0 unspecified atom stereocenters. The molecule has 0 radical (unpaired) electrons. The summed E-state index contributed by atoms with van der Waals surface area (Å²) in [6.07, 6.45) is 3.01. The van der Waals surface area contributed by atoms with E-state index in [-0.39, 0.29) is 11.2 Å². The van der Waals surface area contributed by atoms with Gasteiger partial charge in [-0.2, -0.15) is 0 Å². The normalized spacial score (nSPS) is 14.5. The highest BCUT2D eigenvalue weighted by Crippen LogP contribution is 2.20. The van der Waals surface area contributed by atoms with E-state index < -0.39 is 6.10 Å². The van der Waals surface area contributed by atoms with Gasteiger partial charge in [-0.3, -0.25) is 0 Å². The van der Waals surface area contributed by atoms with E-state index in [0.29, 0.717) is 5.56 Å². The van der Waals surface area contributed by atoms with Crippen LogP contribution in [0, 0.1) is 11.2 Å². The zero-order chi connectivity index (χ0) is 11.5. The minimum Gasteiger partial charge on any atom is -0.384 e. The first-order chi connectivity index (χ1) is 6.88. The molecule has 0 aliphatic heterocycles. The third kappa shape index (κ3) is 4.26. The summed E-state index contributed by atoms with van der Waals surface area (Å²) in [4.78, 5) is 0. The van der Waals surface area contributed by atoms with Crippen molar-refractivity contribution >= 4 is 0 Å². The average Bonchev–Trinajstić information content (AvgIpc) is 2.14. The van der Waals surface area contributed by atoms with Gasteiger partial charge in [0.15, 0.2) is 0 Å².